The predicted octanol–water partition coefficient (Wildman–Crippen LogP) is 3.57. The Balaban J connectivity index is 1.57. The first-order valence-electron chi connectivity index (χ1n) is 8.68. The fourth-order valence-corrected chi connectivity index (χ4v) is 3.64. The second kappa shape index (κ2) is 6.47. The van der Waals surface area contributed by atoms with E-state index in [0.717, 1.165) is 29.9 Å². The van der Waals surface area contributed by atoms with Crippen LogP contribution in [0.3, 0.4) is 0 Å². The molecule has 2 N–H and O–H groups in total. The first-order chi connectivity index (χ1) is 12.2. The van der Waals surface area contributed by atoms with Gasteiger partial charge >= 0.3 is 0 Å². The summed E-state index contributed by atoms with van der Waals surface area (Å²) in [5.41, 5.74) is 3.97. The summed E-state index contributed by atoms with van der Waals surface area (Å²) in [4.78, 5) is 4.65. The normalized spacial score (nSPS) is 19.1. The maximum atomic E-state index is 10.1. The van der Waals surface area contributed by atoms with E-state index in [0.29, 0.717) is 12.4 Å². The predicted molar refractivity (Wildman–Crippen MR) is 97.0 cm³/mol. The maximum Gasteiger partial charge on any atom is 0.226 e. The second-order valence-electron chi connectivity index (χ2n) is 6.64. The van der Waals surface area contributed by atoms with E-state index in [1.165, 1.54) is 11.1 Å². The third-order valence-corrected chi connectivity index (χ3v) is 5.13. The molecule has 0 amide bonds. The summed E-state index contributed by atoms with van der Waals surface area (Å²) >= 11 is 0. The highest BCUT2D eigenvalue weighted by atomic mass is 16.4. The molecule has 1 aliphatic rings. The van der Waals surface area contributed by atoms with Crippen molar-refractivity contribution in [3.8, 4) is 11.5 Å². The molecular formula is C21H22N2O2. The van der Waals surface area contributed by atoms with Gasteiger partial charge in [-0.15, -0.1) is 0 Å². The number of aliphatic hydroxyl groups excluding tert-OH is 1. The number of fused-ring (bicyclic) bond motifs is 1. The summed E-state index contributed by atoms with van der Waals surface area (Å²) in [6.07, 6.45) is 1.88. The molecule has 0 fully saturated rings. The van der Waals surface area contributed by atoms with E-state index >= 15 is 0 Å². The lowest BCUT2D eigenvalue weighted by atomic mass is 9.92. The van der Waals surface area contributed by atoms with Crippen LogP contribution in [0.25, 0.3) is 11.5 Å². The Bertz CT molecular complexity index is 873. The van der Waals surface area contributed by atoms with E-state index in [2.05, 4.69) is 28.5 Å². The van der Waals surface area contributed by atoms with Gasteiger partial charge in [0.2, 0.25) is 5.89 Å². The molecule has 1 atom stereocenters. The number of nitrogens with zero attached hydrogens (tertiary/aromatic N) is 1. The van der Waals surface area contributed by atoms with Crippen LogP contribution in [0.1, 0.15) is 29.0 Å². The molecule has 3 aromatic rings. The monoisotopic (exact) mass is 334 g/mol. The van der Waals surface area contributed by atoms with Crippen LogP contribution in [0.4, 0.5) is 0 Å². The number of oxazole rings is 1. The van der Waals surface area contributed by atoms with Gasteiger partial charge < -0.3 is 9.52 Å². The van der Waals surface area contributed by atoms with Crippen LogP contribution in [-0.2, 0) is 18.5 Å². The maximum absolute atomic E-state index is 10.1. The molecule has 0 bridgehead atoms. The van der Waals surface area contributed by atoms with Crippen LogP contribution in [0.15, 0.2) is 59.0 Å². The van der Waals surface area contributed by atoms with E-state index in [1.54, 1.807) is 0 Å². The first-order valence-corrected chi connectivity index (χ1v) is 8.68. The Hall–Kier alpha value is -2.43. The van der Waals surface area contributed by atoms with Crippen molar-refractivity contribution in [1.82, 2.24) is 10.3 Å². The molecule has 0 radical (unpaired) electrons. The van der Waals surface area contributed by atoms with Crippen molar-refractivity contribution in [2.75, 3.05) is 6.61 Å². The molecule has 4 heteroatoms. The minimum Gasteiger partial charge on any atom is -0.441 e. The second-order valence-corrected chi connectivity index (χ2v) is 6.64. The molecule has 0 saturated carbocycles. The van der Waals surface area contributed by atoms with E-state index in [-0.39, 0.29) is 6.61 Å². The quantitative estimate of drug-likeness (QED) is 0.749. The fourth-order valence-electron chi connectivity index (χ4n) is 3.64. The molecule has 1 heterocycles. The number of hydrogen-bond acceptors (Lipinski definition) is 4. The molecule has 25 heavy (non-hydrogen) atoms. The number of aliphatic hydroxyl groups is 1. The number of hydrogen-bond donors (Lipinski definition) is 2. The van der Waals surface area contributed by atoms with Crippen molar-refractivity contribution >= 4 is 0 Å². The SMILES string of the molecule is Cc1oc(-c2ccccc2)nc1CNC1(CO)CCc2ccccc21. The molecule has 1 aromatic heterocycles. The van der Waals surface area contributed by atoms with Gasteiger partial charge in [-0.2, -0.15) is 0 Å². The first kappa shape index (κ1) is 16.1. The average molecular weight is 334 g/mol. The lowest BCUT2D eigenvalue weighted by Crippen LogP contribution is -2.43. The average Bonchev–Trinajstić information content (AvgIpc) is 3.22. The van der Waals surface area contributed by atoms with Crippen LogP contribution in [0.2, 0.25) is 0 Å². The summed E-state index contributed by atoms with van der Waals surface area (Å²) in [5.74, 6) is 1.45. The summed E-state index contributed by atoms with van der Waals surface area (Å²) in [7, 11) is 0. The summed E-state index contributed by atoms with van der Waals surface area (Å²) in [5, 5.41) is 13.6. The molecule has 2 aromatic carbocycles. The largest absolute Gasteiger partial charge is 0.441 e. The summed E-state index contributed by atoms with van der Waals surface area (Å²) in [6.45, 7) is 2.58. The highest BCUT2D eigenvalue weighted by molar-refractivity contribution is 5.53. The van der Waals surface area contributed by atoms with Gasteiger partial charge in [-0.25, -0.2) is 4.98 Å². The van der Waals surface area contributed by atoms with E-state index in [4.69, 9.17) is 4.42 Å². The number of nitrogens with one attached hydrogen (secondary N) is 1. The third-order valence-electron chi connectivity index (χ3n) is 5.13. The molecule has 0 aliphatic heterocycles. The van der Waals surface area contributed by atoms with Gasteiger partial charge in [0.05, 0.1) is 17.8 Å². The molecule has 0 saturated heterocycles. The highest BCUT2D eigenvalue weighted by Crippen LogP contribution is 2.37. The van der Waals surface area contributed by atoms with Gasteiger partial charge in [-0.1, -0.05) is 42.5 Å². The van der Waals surface area contributed by atoms with Crippen molar-refractivity contribution in [2.24, 2.45) is 0 Å². The third kappa shape index (κ3) is 2.88. The molecule has 1 unspecified atom stereocenters. The Morgan fingerprint density at radius 2 is 1.88 bits per heavy atom. The van der Waals surface area contributed by atoms with Crippen molar-refractivity contribution in [1.29, 1.82) is 0 Å². The van der Waals surface area contributed by atoms with Crippen molar-refractivity contribution < 1.29 is 9.52 Å². The highest BCUT2D eigenvalue weighted by Gasteiger charge is 2.37. The molecule has 128 valence electrons. The van der Waals surface area contributed by atoms with Crippen LogP contribution in [0, 0.1) is 6.92 Å². The molecule has 4 nitrogen and oxygen atoms in total. The van der Waals surface area contributed by atoms with Crippen molar-refractivity contribution in [3.05, 3.63) is 77.2 Å². The molecule has 0 spiro atoms. The number of aryl methyl sites for hydroxylation is 2. The minimum absolute atomic E-state index is 0.0758. The van der Waals surface area contributed by atoms with Gasteiger partial charge in [-0.05, 0) is 43.0 Å². The Kier molecular flexibility index (Phi) is 4.15. The zero-order chi connectivity index (χ0) is 17.3. The van der Waals surface area contributed by atoms with Gasteiger partial charge in [-0.3, -0.25) is 5.32 Å². The smallest absolute Gasteiger partial charge is 0.226 e. The Labute approximate surface area is 147 Å². The van der Waals surface area contributed by atoms with Crippen LogP contribution in [-0.4, -0.2) is 16.7 Å². The van der Waals surface area contributed by atoms with Crippen LogP contribution >= 0.6 is 0 Å². The van der Waals surface area contributed by atoms with E-state index in [9.17, 15) is 5.11 Å². The van der Waals surface area contributed by atoms with E-state index < -0.39 is 5.54 Å². The Morgan fingerprint density at radius 1 is 1.12 bits per heavy atom. The number of benzene rings is 2. The molecule has 1 aliphatic carbocycles. The van der Waals surface area contributed by atoms with Gasteiger partial charge in [0.1, 0.15) is 5.76 Å². The van der Waals surface area contributed by atoms with Crippen LogP contribution in [0.5, 0.6) is 0 Å². The standard InChI is InChI=1S/C21H22N2O2/c1-15-19(23-20(25-15)17-8-3-2-4-9-17)13-22-21(14-24)12-11-16-7-5-6-10-18(16)21/h2-10,22,24H,11-14H2,1H3. The van der Waals surface area contributed by atoms with Crippen molar-refractivity contribution in [3.63, 3.8) is 0 Å². The summed E-state index contributed by atoms with van der Waals surface area (Å²) in [6, 6.07) is 18.2. The zero-order valence-corrected chi connectivity index (χ0v) is 14.3. The van der Waals surface area contributed by atoms with E-state index in [1.807, 2.05) is 43.3 Å². The van der Waals surface area contributed by atoms with Crippen LogP contribution < -0.4 is 5.32 Å². The topological polar surface area (TPSA) is 58.3 Å². The lowest BCUT2D eigenvalue weighted by Gasteiger charge is -2.29. The zero-order valence-electron chi connectivity index (χ0n) is 14.3. The van der Waals surface area contributed by atoms with Gasteiger partial charge in [0, 0.05) is 12.1 Å². The van der Waals surface area contributed by atoms with Crippen molar-refractivity contribution in [2.45, 2.75) is 31.8 Å². The van der Waals surface area contributed by atoms with Gasteiger partial charge in [0.25, 0.3) is 0 Å². The number of aromatic nitrogens is 1. The fraction of sp³-hybridized carbons (Fsp3) is 0.286. The summed E-state index contributed by atoms with van der Waals surface area (Å²) < 4.78 is 5.84. The Morgan fingerprint density at radius 3 is 2.68 bits per heavy atom. The molecule has 4 rings (SSSR count). The van der Waals surface area contributed by atoms with Gasteiger partial charge in [0.15, 0.2) is 0 Å². The minimum atomic E-state index is -0.394. The molecular weight excluding hydrogens is 312 g/mol. The lowest BCUT2D eigenvalue weighted by molar-refractivity contribution is 0.158. The number of rotatable bonds is 5.